The van der Waals surface area contributed by atoms with Gasteiger partial charge in [0.1, 0.15) is 0 Å². The van der Waals surface area contributed by atoms with Gasteiger partial charge in [0.25, 0.3) is 10.0 Å². The Kier molecular flexibility index (Phi) is 3.64. The van der Waals surface area contributed by atoms with Crippen LogP contribution >= 0.6 is 0 Å². The maximum Gasteiger partial charge on any atom is 0.286 e. The maximum absolute atomic E-state index is 12.4. The minimum atomic E-state index is -3.71. The molecule has 0 bridgehead atoms. The number of anilines is 1. The predicted octanol–water partition coefficient (Wildman–Crippen LogP) is 2.24. The minimum absolute atomic E-state index is 0.159. The second-order valence-electron chi connectivity index (χ2n) is 3.49. The third-order valence-corrected chi connectivity index (χ3v) is 4.00. The van der Waals surface area contributed by atoms with Crippen LogP contribution in [-0.2, 0) is 14.9 Å². The van der Waals surface area contributed by atoms with E-state index in [0.29, 0.717) is 5.69 Å². The number of benzene rings is 2. The summed E-state index contributed by atoms with van der Waals surface area (Å²) in [5.41, 5.74) is 0.452. The molecule has 0 spiro atoms. The monoisotopic (exact) mass is 262 g/mol. The molecule has 4 nitrogen and oxygen atoms in total. The molecule has 0 heterocycles. The quantitative estimate of drug-likeness (QED) is 0.794. The summed E-state index contributed by atoms with van der Waals surface area (Å²) in [6.07, 6.45) is 0. The van der Waals surface area contributed by atoms with Gasteiger partial charge in [-0.3, -0.25) is 4.84 Å². The second kappa shape index (κ2) is 5.20. The Morgan fingerprint density at radius 1 is 1.06 bits per heavy atom. The number of para-hydroxylation sites is 1. The van der Waals surface area contributed by atoms with Gasteiger partial charge in [0.2, 0.25) is 0 Å². The molecule has 2 rings (SSSR count). The smallest absolute Gasteiger partial charge is 0.262 e. The lowest BCUT2D eigenvalue weighted by molar-refractivity contribution is 0.216. The van der Waals surface area contributed by atoms with Gasteiger partial charge < -0.3 is 0 Å². The average Bonchev–Trinajstić information content (AvgIpc) is 2.41. The number of sulfonamides is 1. The van der Waals surface area contributed by atoms with Crippen LogP contribution in [0.25, 0.3) is 0 Å². The molecule has 0 fully saturated rings. The normalized spacial score (nSPS) is 11.2. The highest BCUT2D eigenvalue weighted by molar-refractivity contribution is 7.92. The number of hydrogen-bond acceptors (Lipinski definition) is 3. The Morgan fingerprint density at radius 3 is 2.22 bits per heavy atom. The molecule has 0 aliphatic rings. The van der Waals surface area contributed by atoms with E-state index in [1.54, 1.807) is 42.5 Å². The number of nitrogens with zero attached hydrogens (tertiary/aromatic N) is 1. The summed E-state index contributed by atoms with van der Waals surface area (Å²) >= 11 is 0. The molecule has 0 N–H and O–H groups in total. The summed E-state index contributed by atoms with van der Waals surface area (Å²) in [5, 5.41) is 0. The van der Waals surface area contributed by atoms with Crippen molar-refractivity contribution in [3.05, 3.63) is 60.7 Å². The van der Waals surface area contributed by atoms with E-state index in [4.69, 9.17) is 4.84 Å². The lowest BCUT2D eigenvalue weighted by Gasteiger charge is -2.21. The molecule has 0 saturated carbocycles. The topological polar surface area (TPSA) is 46.6 Å². The zero-order valence-corrected chi connectivity index (χ0v) is 10.6. The van der Waals surface area contributed by atoms with Crippen molar-refractivity contribution >= 4 is 15.7 Å². The minimum Gasteiger partial charge on any atom is -0.262 e. The van der Waals surface area contributed by atoms with E-state index in [0.717, 1.165) is 4.47 Å². The Bertz CT molecular complexity index is 597. The van der Waals surface area contributed by atoms with Gasteiger partial charge in [-0.25, -0.2) is 0 Å². The molecule has 0 aromatic heterocycles. The van der Waals surface area contributed by atoms with Crippen molar-refractivity contribution in [2.45, 2.75) is 4.90 Å². The van der Waals surface area contributed by atoms with Crippen LogP contribution in [0.5, 0.6) is 0 Å². The zero-order chi connectivity index (χ0) is 13.0. The van der Waals surface area contributed by atoms with Gasteiger partial charge in [-0.1, -0.05) is 30.3 Å². The van der Waals surface area contributed by atoms with E-state index >= 15 is 0 Å². The third kappa shape index (κ3) is 2.37. The summed E-state index contributed by atoms with van der Waals surface area (Å²) in [4.78, 5) is 5.15. The SMILES string of the molecule is CON(c1ccccc1)S(=O)(=O)c1cc[c]cc1. The van der Waals surface area contributed by atoms with Gasteiger partial charge in [0.05, 0.1) is 17.7 Å². The van der Waals surface area contributed by atoms with Gasteiger partial charge >= 0.3 is 0 Å². The van der Waals surface area contributed by atoms with Crippen LogP contribution < -0.4 is 4.47 Å². The summed E-state index contributed by atoms with van der Waals surface area (Å²) < 4.78 is 25.6. The zero-order valence-electron chi connectivity index (χ0n) is 9.78. The fourth-order valence-electron chi connectivity index (χ4n) is 1.53. The van der Waals surface area contributed by atoms with Crippen LogP contribution in [0.4, 0.5) is 5.69 Å². The Balaban J connectivity index is 2.46. The van der Waals surface area contributed by atoms with E-state index in [2.05, 4.69) is 6.07 Å². The lowest BCUT2D eigenvalue weighted by Crippen LogP contribution is -2.29. The molecule has 2 aromatic rings. The van der Waals surface area contributed by atoms with Gasteiger partial charge in [0.15, 0.2) is 0 Å². The summed E-state index contributed by atoms with van der Waals surface area (Å²) in [6.45, 7) is 0. The fourth-order valence-corrected chi connectivity index (χ4v) is 2.80. The molecule has 0 aliphatic carbocycles. The number of rotatable bonds is 4. The van der Waals surface area contributed by atoms with Gasteiger partial charge in [-0.2, -0.15) is 8.42 Å². The van der Waals surface area contributed by atoms with E-state index in [1.165, 1.54) is 19.2 Å². The molecule has 0 amide bonds. The van der Waals surface area contributed by atoms with E-state index < -0.39 is 10.0 Å². The lowest BCUT2D eigenvalue weighted by atomic mass is 10.3. The van der Waals surface area contributed by atoms with Gasteiger partial charge in [0, 0.05) is 0 Å². The summed E-state index contributed by atoms with van der Waals surface area (Å²) in [7, 11) is -2.39. The molecular weight excluding hydrogens is 250 g/mol. The highest BCUT2D eigenvalue weighted by Gasteiger charge is 2.24. The molecule has 0 saturated heterocycles. The first kappa shape index (κ1) is 12.6. The van der Waals surface area contributed by atoms with E-state index in [-0.39, 0.29) is 4.90 Å². The average molecular weight is 262 g/mol. The maximum atomic E-state index is 12.4. The first-order valence-corrected chi connectivity index (χ1v) is 6.71. The molecule has 1 radical (unpaired) electrons. The molecule has 0 unspecified atom stereocenters. The van der Waals surface area contributed by atoms with Crippen LogP contribution in [-0.4, -0.2) is 15.5 Å². The van der Waals surface area contributed by atoms with Crippen LogP contribution in [0.15, 0.2) is 59.5 Å². The van der Waals surface area contributed by atoms with Crippen LogP contribution in [0, 0.1) is 6.07 Å². The molecule has 0 aliphatic heterocycles. The second-order valence-corrected chi connectivity index (χ2v) is 5.24. The first-order valence-electron chi connectivity index (χ1n) is 5.27. The van der Waals surface area contributed by atoms with E-state index in [9.17, 15) is 8.42 Å². The molecule has 0 atom stereocenters. The summed E-state index contributed by atoms with van der Waals surface area (Å²) in [5.74, 6) is 0. The van der Waals surface area contributed by atoms with Crippen LogP contribution in [0.3, 0.4) is 0 Å². The van der Waals surface area contributed by atoms with Crippen LogP contribution in [0.2, 0.25) is 0 Å². The molecular formula is C13H12NO3S. The largest absolute Gasteiger partial charge is 0.286 e. The highest BCUT2D eigenvalue weighted by atomic mass is 32.2. The van der Waals surface area contributed by atoms with Crippen molar-refractivity contribution in [2.75, 3.05) is 11.6 Å². The van der Waals surface area contributed by atoms with Crippen molar-refractivity contribution in [3.63, 3.8) is 0 Å². The first-order chi connectivity index (χ1) is 8.66. The predicted molar refractivity (Wildman–Crippen MR) is 68.4 cm³/mol. The third-order valence-electron chi connectivity index (χ3n) is 2.34. The van der Waals surface area contributed by atoms with E-state index in [1.807, 2.05) is 0 Å². The standard InChI is InChI=1S/C13H12NO3S/c1-17-14(12-8-4-2-5-9-12)18(15,16)13-10-6-3-7-11-13/h2,4-11H,1H3. The Hall–Kier alpha value is -1.85. The molecule has 18 heavy (non-hydrogen) atoms. The van der Waals surface area contributed by atoms with Crippen molar-refractivity contribution in [1.29, 1.82) is 0 Å². The highest BCUT2D eigenvalue weighted by Crippen LogP contribution is 2.22. The molecule has 2 aromatic carbocycles. The fraction of sp³-hybridized carbons (Fsp3) is 0.0769. The van der Waals surface area contributed by atoms with Gasteiger partial charge in [-0.15, -0.1) is 4.47 Å². The van der Waals surface area contributed by atoms with Crippen LogP contribution in [0.1, 0.15) is 0 Å². The summed E-state index contributed by atoms with van der Waals surface area (Å²) in [6, 6.07) is 17.4. The van der Waals surface area contributed by atoms with Gasteiger partial charge in [-0.05, 0) is 30.3 Å². The molecule has 5 heteroatoms. The van der Waals surface area contributed by atoms with Crippen molar-refractivity contribution < 1.29 is 13.3 Å². The Labute approximate surface area is 106 Å². The van der Waals surface area contributed by atoms with Crippen molar-refractivity contribution in [2.24, 2.45) is 0 Å². The van der Waals surface area contributed by atoms with Crippen molar-refractivity contribution in [1.82, 2.24) is 0 Å². The number of hydrogen-bond donors (Lipinski definition) is 0. The molecule has 93 valence electrons. The van der Waals surface area contributed by atoms with Crippen molar-refractivity contribution in [3.8, 4) is 0 Å². The Morgan fingerprint density at radius 2 is 1.67 bits per heavy atom.